The fourth-order valence-electron chi connectivity index (χ4n) is 1.66. The van der Waals surface area contributed by atoms with Crippen molar-refractivity contribution in [1.82, 2.24) is 9.97 Å². The summed E-state index contributed by atoms with van der Waals surface area (Å²) in [7, 11) is 1.52. The fourth-order valence-corrected chi connectivity index (χ4v) is 1.85. The van der Waals surface area contributed by atoms with E-state index < -0.39 is 4.92 Å². The highest BCUT2D eigenvalue weighted by atomic mass is 35.5. The van der Waals surface area contributed by atoms with E-state index in [0.29, 0.717) is 17.1 Å². The van der Waals surface area contributed by atoms with Gasteiger partial charge in [-0.1, -0.05) is 11.6 Å². The van der Waals surface area contributed by atoms with Gasteiger partial charge in [0.15, 0.2) is 5.82 Å². The van der Waals surface area contributed by atoms with Gasteiger partial charge in [-0.2, -0.15) is 4.98 Å². The van der Waals surface area contributed by atoms with Crippen LogP contribution in [0.3, 0.4) is 0 Å². The van der Waals surface area contributed by atoms with Gasteiger partial charge in [-0.15, -0.1) is 0 Å². The van der Waals surface area contributed by atoms with E-state index in [1.165, 1.54) is 31.4 Å². The van der Waals surface area contributed by atoms with Crippen molar-refractivity contribution >= 4 is 17.3 Å². The van der Waals surface area contributed by atoms with Crippen molar-refractivity contribution < 1.29 is 14.4 Å². The zero-order valence-electron chi connectivity index (χ0n) is 11.4. The largest absolute Gasteiger partial charge is 0.439 e. The van der Waals surface area contributed by atoms with E-state index >= 15 is 0 Å². The van der Waals surface area contributed by atoms with Crippen LogP contribution in [-0.4, -0.2) is 22.0 Å². The second-order valence-electron chi connectivity index (χ2n) is 4.19. The summed E-state index contributed by atoms with van der Waals surface area (Å²) >= 11 is 5.88. The fraction of sp³-hybridized carbons (Fsp3) is 0.231. The van der Waals surface area contributed by atoms with Crippen LogP contribution >= 0.6 is 11.6 Å². The van der Waals surface area contributed by atoms with Crippen molar-refractivity contribution in [3.05, 3.63) is 50.9 Å². The smallest absolute Gasteiger partial charge is 0.269 e. The average molecular weight is 310 g/mol. The maximum Gasteiger partial charge on any atom is 0.269 e. The second kappa shape index (κ2) is 6.47. The second-order valence-corrected chi connectivity index (χ2v) is 4.57. The van der Waals surface area contributed by atoms with E-state index in [4.69, 9.17) is 21.1 Å². The quantitative estimate of drug-likeness (QED) is 0.478. The van der Waals surface area contributed by atoms with Gasteiger partial charge in [0, 0.05) is 25.3 Å². The zero-order chi connectivity index (χ0) is 15.4. The van der Waals surface area contributed by atoms with Crippen LogP contribution in [0.1, 0.15) is 11.4 Å². The molecule has 0 unspecified atom stereocenters. The predicted molar refractivity (Wildman–Crippen MR) is 75.7 cm³/mol. The van der Waals surface area contributed by atoms with Gasteiger partial charge in [0.25, 0.3) is 5.69 Å². The predicted octanol–water partition coefficient (Wildman–Crippen LogP) is 3.29. The first-order valence-electron chi connectivity index (χ1n) is 5.95. The highest BCUT2D eigenvalue weighted by Crippen LogP contribution is 2.28. The van der Waals surface area contributed by atoms with Gasteiger partial charge in [-0.05, 0) is 18.6 Å². The molecule has 1 aromatic heterocycles. The van der Waals surface area contributed by atoms with Crippen LogP contribution < -0.4 is 4.74 Å². The summed E-state index contributed by atoms with van der Waals surface area (Å²) in [4.78, 5) is 18.4. The van der Waals surface area contributed by atoms with Gasteiger partial charge >= 0.3 is 0 Å². The van der Waals surface area contributed by atoms with Crippen molar-refractivity contribution in [1.29, 1.82) is 0 Å². The molecule has 0 aliphatic carbocycles. The van der Waals surface area contributed by atoms with E-state index in [1.54, 1.807) is 6.92 Å². The van der Waals surface area contributed by atoms with Crippen molar-refractivity contribution in [2.45, 2.75) is 13.5 Å². The summed E-state index contributed by atoms with van der Waals surface area (Å²) in [5.41, 5.74) is 0.618. The normalized spacial score (nSPS) is 10.4. The number of non-ortho nitro benzene ring substituents is 1. The van der Waals surface area contributed by atoms with Crippen molar-refractivity contribution in [3.63, 3.8) is 0 Å². The Hall–Kier alpha value is -2.25. The Bertz CT molecular complexity index is 678. The zero-order valence-corrected chi connectivity index (χ0v) is 12.1. The van der Waals surface area contributed by atoms with E-state index in [1.807, 2.05) is 0 Å². The SMILES string of the molecule is COCc1nc(Cl)cc(Oc2ccc([N+](=O)[O-])cc2C)n1. The minimum absolute atomic E-state index is 0.000594. The van der Waals surface area contributed by atoms with Gasteiger partial charge in [0.2, 0.25) is 5.88 Å². The Morgan fingerprint density at radius 2 is 2.10 bits per heavy atom. The minimum Gasteiger partial charge on any atom is -0.439 e. The van der Waals surface area contributed by atoms with E-state index in [-0.39, 0.29) is 23.3 Å². The molecule has 0 aliphatic heterocycles. The number of rotatable bonds is 5. The number of nitro benzene ring substituents is 1. The molecule has 0 bridgehead atoms. The first-order chi connectivity index (χ1) is 9.99. The van der Waals surface area contributed by atoms with Crippen LogP contribution in [0.25, 0.3) is 0 Å². The van der Waals surface area contributed by atoms with Gasteiger partial charge in [0.1, 0.15) is 17.5 Å². The molecule has 0 radical (unpaired) electrons. The molecule has 1 aromatic carbocycles. The van der Waals surface area contributed by atoms with Crippen molar-refractivity contribution in [2.75, 3.05) is 7.11 Å². The standard InChI is InChI=1S/C13H12ClN3O4/c1-8-5-9(17(18)19)3-4-10(8)21-13-6-11(14)15-12(16-13)7-20-2/h3-6H,7H2,1-2H3. The number of methoxy groups -OCH3 is 1. The highest BCUT2D eigenvalue weighted by Gasteiger charge is 2.11. The third kappa shape index (κ3) is 3.87. The number of ether oxygens (including phenoxy) is 2. The molecule has 110 valence electrons. The number of benzene rings is 1. The molecule has 21 heavy (non-hydrogen) atoms. The third-order valence-corrected chi connectivity index (χ3v) is 2.77. The van der Waals surface area contributed by atoms with Gasteiger partial charge in [-0.3, -0.25) is 10.1 Å². The monoisotopic (exact) mass is 309 g/mol. The number of aromatic nitrogens is 2. The molecule has 0 spiro atoms. The highest BCUT2D eigenvalue weighted by molar-refractivity contribution is 6.29. The Labute approximate surface area is 125 Å². The molecule has 7 nitrogen and oxygen atoms in total. The molecular formula is C13H12ClN3O4. The van der Waals surface area contributed by atoms with Gasteiger partial charge < -0.3 is 9.47 Å². The first kappa shape index (κ1) is 15.1. The van der Waals surface area contributed by atoms with E-state index in [0.717, 1.165) is 0 Å². The molecule has 1 heterocycles. The van der Waals surface area contributed by atoms with Crippen LogP contribution in [0.2, 0.25) is 5.15 Å². The Morgan fingerprint density at radius 1 is 1.33 bits per heavy atom. The summed E-state index contributed by atoms with van der Waals surface area (Å²) in [6, 6.07) is 5.76. The van der Waals surface area contributed by atoms with Crippen LogP contribution in [-0.2, 0) is 11.3 Å². The molecular weight excluding hydrogens is 298 g/mol. The number of aryl methyl sites for hydroxylation is 1. The van der Waals surface area contributed by atoms with Crippen LogP contribution in [0.4, 0.5) is 5.69 Å². The number of nitro groups is 1. The van der Waals surface area contributed by atoms with Gasteiger partial charge in [0.05, 0.1) is 4.92 Å². The van der Waals surface area contributed by atoms with Gasteiger partial charge in [-0.25, -0.2) is 4.98 Å². The van der Waals surface area contributed by atoms with Crippen molar-refractivity contribution in [3.8, 4) is 11.6 Å². The van der Waals surface area contributed by atoms with Crippen molar-refractivity contribution in [2.24, 2.45) is 0 Å². The molecule has 0 saturated heterocycles. The van der Waals surface area contributed by atoms with Crippen LogP contribution in [0.5, 0.6) is 11.6 Å². The molecule has 0 atom stereocenters. The van der Waals surface area contributed by atoms with E-state index in [9.17, 15) is 10.1 Å². The minimum atomic E-state index is -0.463. The molecule has 2 aromatic rings. The molecule has 0 amide bonds. The molecule has 0 saturated carbocycles. The number of halogens is 1. The summed E-state index contributed by atoms with van der Waals surface area (Å²) in [6.07, 6.45) is 0. The number of nitrogens with zero attached hydrogens (tertiary/aromatic N) is 3. The summed E-state index contributed by atoms with van der Waals surface area (Å²) in [6.45, 7) is 1.91. The lowest BCUT2D eigenvalue weighted by Crippen LogP contribution is -2.00. The van der Waals surface area contributed by atoms with Crippen LogP contribution in [0.15, 0.2) is 24.3 Å². The Kier molecular flexibility index (Phi) is 4.66. The maximum atomic E-state index is 10.7. The molecule has 0 N–H and O–H groups in total. The Morgan fingerprint density at radius 3 is 2.71 bits per heavy atom. The summed E-state index contributed by atoms with van der Waals surface area (Å²) in [5.74, 6) is 1.09. The Balaban J connectivity index is 2.27. The third-order valence-electron chi connectivity index (χ3n) is 2.57. The first-order valence-corrected chi connectivity index (χ1v) is 6.32. The van der Waals surface area contributed by atoms with E-state index in [2.05, 4.69) is 9.97 Å². The molecule has 8 heteroatoms. The lowest BCUT2D eigenvalue weighted by molar-refractivity contribution is -0.384. The molecule has 0 fully saturated rings. The number of hydrogen-bond acceptors (Lipinski definition) is 6. The topological polar surface area (TPSA) is 87.4 Å². The molecule has 2 rings (SSSR count). The van der Waals surface area contributed by atoms with Crippen LogP contribution in [0, 0.1) is 17.0 Å². The maximum absolute atomic E-state index is 10.7. The molecule has 0 aliphatic rings. The average Bonchev–Trinajstić information content (AvgIpc) is 2.40. The summed E-state index contributed by atoms with van der Waals surface area (Å²) < 4.78 is 10.5. The summed E-state index contributed by atoms with van der Waals surface area (Å²) in [5, 5.41) is 10.9. The lowest BCUT2D eigenvalue weighted by atomic mass is 10.2. The lowest BCUT2D eigenvalue weighted by Gasteiger charge is -2.09. The number of hydrogen-bond donors (Lipinski definition) is 0.